The van der Waals surface area contributed by atoms with Crippen LogP contribution in [-0.4, -0.2) is 36.1 Å². The van der Waals surface area contributed by atoms with Crippen molar-refractivity contribution in [1.82, 2.24) is 4.90 Å². The largest absolute Gasteiger partial charge is 0.480 e. The van der Waals surface area contributed by atoms with Crippen molar-refractivity contribution in [1.29, 1.82) is 0 Å². The van der Waals surface area contributed by atoms with Gasteiger partial charge in [-0.2, -0.15) is 11.3 Å². The van der Waals surface area contributed by atoms with Gasteiger partial charge >= 0.3 is 5.97 Å². The Kier molecular flexibility index (Phi) is 5.96. The van der Waals surface area contributed by atoms with E-state index >= 15 is 0 Å². The highest BCUT2D eigenvalue weighted by atomic mass is 32.1. The van der Waals surface area contributed by atoms with Crippen LogP contribution in [-0.2, 0) is 4.79 Å². The molecule has 112 valence electrons. The fourth-order valence-electron chi connectivity index (χ4n) is 1.88. The average molecular weight is 311 g/mol. The van der Waals surface area contributed by atoms with Crippen molar-refractivity contribution in [2.75, 3.05) is 20.1 Å². The zero-order valence-corrected chi connectivity index (χ0v) is 13.1. The second-order valence-corrected chi connectivity index (χ2v) is 5.62. The van der Waals surface area contributed by atoms with E-state index in [9.17, 15) is 4.79 Å². The first-order valence-electron chi connectivity index (χ1n) is 6.85. The predicted octanol–water partition coefficient (Wildman–Crippen LogP) is 3.20. The van der Waals surface area contributed by atoms with Crippen LogP contribution < -0.4 is 0 Å². The van der Waals surface area contributed by atoms with E-state index in [1.807, 2.05) is 53.2 Å². The standard InChI is InChI=1S/C18H17NO2S/c1-19(13-18(20)21)11-9-17(16-5-3-2-4-6-16)8-7-15-10-12-22-14-15/h2-6,9-10,12,14H,11,13H2,1H3,(H,20,21). The topological polar surface area (TPSA) is 40.5 Å². The molecule has 1 heterocycles. The Balaban J connectivity index is 2.20. The minimum absolute atomic E-state index is 0.0104. The van der Waals surface area contributed by atoms with Gasteiger partial charge in [0.15, 0.2) is 0 Å². The van der Waals surface area contributed by atoms with Crippen LogP contribution in [0, 0.1) is 11.8 Å². The van der Waals surface area contributed by atoms with E-state index in [1.165, 1.54) is 0 Å². The third kappa shape index (κ3) is 5.21. The van der Waals surface area contributed by atoms with E-state index in [0.717, 1.165) is 16.7 Å². The van der Waals surface area contributed by atoms with Gasteiger partial charge in [-0.1, -0.05) is 48.2 Å². The van der Waals surface area contributed by atoms with Gasteiger partial charge in [0.05, 0.1) is 6.54 Å². The van der Waals surface area contributed by atoms with Gasteiger partial charge in [-0.3, -0.25) is 9.69 Å². The maximum atomic E-state index is 10.7. The minimum Gasteiger partial charge on any atom is -0.480 e. The molecule has 0 radical (unpaired) electrons. The molecular weight excluding hydrogens is 294 g/mol. The summed E-state index contributed by atoms with van der Waals surface area (Å²) in [6, 6.07) is 11.9. The van der Waals surface area contributed by atoms with Gasteiger partial charge in [-0.25, -0.2) is 0 Å². The number of rotatable bonds is 5. The van der Waals surface area contributed by atoms with E-state index in [0.29, 0.717) is 6.54 Å². The number of carbonyl (C=O) groups is 1. The van der Waals surface area contributed by atoms with Crippen molar-refractivity contribution in [2.24, 2.45) is 0 Å². The number of nitrogens with zero attached hydrogens (tertiary/aromatic N) is 1. The van der Waals surface area contributed by atoms with Gasteiger partial charge in [0.2, 0.25) is 0 Å². The number of allylic oxidation sites excluding steroid dienone is 1. The summed E-state index contributed by atoms with van der Waals surface area (Å²) in [6.07, 6.45) is 1.97. The fourth-order valence-corrected chi connectivity index (χ4v) is 2.46. The molecule has 0 saturated heterocycles. The molecule has 0 amide bonds. The molecule has 0 spiro atoms. The molecule has 2 aromatic rings. The average Bonchev–Trinajstić information content (AvgIpc) is 3.01. The van der Waals surface area contributed by atoms with E-state index in [4.69, 9.17) is 5.11 Å². The molecule has 1 N–H and O–H groups in total. The lowest BCUT2D eigenvalue weighted by Crippen LogP contribution is -2.25. The summed E-state index contributed by atoms with van der Waals surface area (Å²) >= 11 is 1.62. The van der Waals surface area contributed by atoms with Crippen LogP contribution in [0.15, 0.2) is 53.2 Å². The number of hydrogen-bond acceptors (Lipinski definition) is 3. The third-order valence-electron chi connectivity index (χ3n) is 2.96. The Morgan fingerprint density at radius 1 is 1.32 bits per heavy atom. The first-order chi connectivity index (χ1) is 10.6. The van der Waals surface area contributed by atoms with Crippen LogP contribution >= 0.6 is 11.3 Å². The maximum absolute atomic E-state index is 10.7. The SMILES string of the molecule is CN(CC=C(C#Cc1ccsc1)c1ccccc1)CC(=O)O. The van der Waals surface area contributed by atoms with Crippen LogP contribution in [0.1, 0.15) is 11.1 Å². The number of thiophene rings is 1. The van der Waals surface area contributed by atoms with Gasteiger partial charge in [-0.15, -0.1) is 0 Å². The van der Waals surface area contributed by atoms with Crippen LogP contribution in [0.2, 0.25) is 0 Å². The number of likely N-dealkylation sites (N-methyl/N-ethyl adjacent to an activating group) is 1. The summed E-state index contributed by atoms with van der Waals surface area (Å²) in [5.74, 6) is 5.50. The Morgan fingerprint density at radius 2 is 2.09 bits per heavy atom. The molecule has 1 aromatic heterocycles. The van der Waals surface area contributed by atoms with Crippen LogP contribution in [0.5, 0.6) is 0 Å². The molecule has 0 unspecified atom stereocenters. The molecule has 0 aliphatic heterocycles. The molecule has 22 heavy (non-hydrogen) atoms. The van der Waals surface area contributed by atoms with E-state index in [-0.39, 0.29) is 6.54 Å². The number of carboxylic acid groups (broad SMARTS) is 1. The van der Waals surface area contributed by atoms with Crippen molar-refractivity contribution >= 4 is 22.9 Å². The van der Waals surface area contributed by atoms with Gasteiger partial charge < -0.3 is 5.11 Å². The normalized spacial score (nSPS) is 11.1. The predicted molar refractivity (Wildman–Crippen MR) is 90.7 cm³/mol. The summed E-state index contributed by atoms with van der Waals surface area (Å²) in [7, 11) is 1.78. The molecule has 3 nitrogen and oxygen atoms in total. The zero-order valence-electron chi connectivity index (χ0n) is 12.3. The minimum atomic E-state index is -0.832. The first-order valence-corrected chi connectivity index (χ1v) is 7.79. The quantitative estimate of drug-likeness (QED) is 0.862. The lowest BCUT2D eigenvalue weighted by atomic mass is 10.1. The molecule has 0 aliphatic rings. The number of aliphatic carboxylic acids is 1. The van der Waals surface area contributed by atoms with Crippen molar-refractivity contribution in [3.05, 3.63) is 64.4 Å². The third-order valence-corrected chi connectivity index (χ3v) is 3.64. The Hall–Kier alpha value is -2.35. The monoisotopic (exact) mass is 311 g/mol. The Morgan fingerprint density at radius 3 is 2.73 bits per heavy atom. The summed E-state index contributed by atoms with van der Waals surface area (Å²) in [4.78, 5) is 12.5. The van der Waals surface area contributed by atoms with Crippen molar-refractivity contribution in [3.63, 3.8) is 0 Å². The van der Waals surface area contributed by atoms with Crippen LogP contribution in [0.4, 0.5) is 0 Å². The lowest BCUT2D eigenvalue weighted by Gasteiger charge is -2.11. The first kappa shape index (κ1) is 16.0. The van der Waals surface area contributed by atoms with E-state index in [1.54, 1.807) is 23.3 Å². The highest BCUT2D eigenvalue weighted by Gasteiger charge is 2.03. The summed E-state index contributed by atoms with van der Waals surface area (Å²) in [6.45, 7) is 0.547. The smallest absolute Gasteiger partial charge is 0.317 e. The molecule has 0 saturated carbocycles. The molecular formula is C18H17NO2S. The second-order valence-electron chi connectivity index (χ2n) is 4.84. The Bertz CT molecular complexity index is 694. The highest BCUT2D eigenvalue weighted by Crippen LogP contribution is 2.14. The van der Waals surface area contributed by atoms with Gasteiger partial charge in [0.1, 0.15) is 0 Å². The van der Waals surface area contributed by atoms with Crippen molar-refractivity contribution < 1.29 is 9.90 Å². The highest BCUT2D eigenvalue weighted by molar-refractivity contribution is 7.08. The summed E-state index contributed by atoms with van der Waals surface area (Å²) in [5.41, 5.74) is 2.93. The van der Waals surface area contributed by atoms with Crippen molar-refractivity contribution in [3.8, 4) is 11.8 Å². The maximum Gasteiger partial charge on any atom is 0.317 e. The molecule has 0 bridgehead atoms. The van der Waals surface area contributed by atoms with Crippen LogP contribution in [0.25, 0.3) is 5.57 Å². The molecule has 0 fully saturated rings. The molecule has 1 aromatic carbocycles. The van der Waals surface area contributed by atoms with Crippen LogP contribution in [0.3, 0.4) is 0 Å². The molecule has 4 heteroatoms. The van der Waals surface area contributed by atoms with Gasteiger partial charge in [-0.05, 0) is 24.1 Å². The summed E-state index contributed by atoms with van der Waals surface area (Å²) in [5, 5.41) is 12.8. The second kappa shape index (κ2) is 8.18. The fraction of sp³-hybridized carbons (Fsp3) is 0.167. The molecule has 0 atom stereocenters. The summed E-state index contributed by atoms with van der Waals surface area (Å²) < 4.78 is 0. The zero-order chi connectivity index (χ0) is 15.8. The van der Waals surface area contributed by atoms with Crippen molar-refractivity contribution in [2.45, 2.75) is 0 Å². The molecule has 2 rings (SSSR count). The molecule has 0 aliphatic carbocycles. The number of hydrogen-bond donors (Lipinski definition) is 1. The number of benzene rings is 1. The Labute approximate surface area is 134 Å². The van der Waals surface area contributed by atoms with E-state index in [2.05, 4.69) is 11.8 Å². The van der Waals surface area contributed by atoms with Gasteiger partial charge in [0.25, 0.3) is 0 Å². The van der Waals surface area contributed by atoms with E-state index < -0.39 is 5.97 Å². The number of carboxylic acids is 1. The van der Waals surface area contributed by atoms with Gasteiger partial charge in [0, 0.05) is 23.1 Å². The lowest BCUT2D eigenvalue weighted by molar-refractivity contribution is -0.137.